The van der Waals surface area contributed by atoms with Gasteiger partial charge in [-0.1, -0.05) is 6.07 Å². The second kappa shape index (κ2) is 5.34. The van der Waals surface area contributed by atoms with E-state index in [-0.39, 0.29) is 22.0 Å². The van der Waals surface area contributed by atoms with Crippen LogP contribution in [0, 0.1) is 0 Å². The normalized spacial score (nSPS) is 23.4. The fourth-order valence-corrected chi connectivity index (χ4v) is 5.14. The van der Waals surface area contributed by atoms with Gasteiger partial charge in [0.2, 0.25) is 10.0 Å². The molecule has 112 valence electrons. The van der Waals surface area contributed by atoms with Crippen molar-refractivity contribution >= 4 is 26.6 Å². The highest BCUT2D eigenvalue weighted by molar-refractivity contribution is 8.24. The van der Waals surface area contributed by atoms with Crippen molar-refractivity contribution in [3.8, 4) is 0 Å². The van der Waals surface area contributed by atoms with Crippen LogP contribution in [0.15, 0.2) is 29.2 Å². The third-order valence-corrected chi connectivity index (χ3v) is 6.32. The Labute approximate surface area is 118 Å². The van der Waals surface area contributed by atoms with Gasteiger partial charge in [0.05, 0.1) is 16.2 Å². The Morgan fingerprint density at radius 3 is 2.60 bits per heavy atom. The first-order valence-corrected chi connectivity index (χ1v) is 9.16. The van der Waals surface area contributed by atoms with E-state index in [4.69, 9.17) is 5.11 Å². The van der Waals surface area contributed by atoms with Crippen molar-refractivity contribution in [2.24, 2.45) is 0 Å². The molecule has 1 aromatic carbocycles. The van der Waals surface area contributed by atoms with Gasteiger partial charge in [-0.15, -0.1) is 0 Å². The number of nitrogens with one attached hydrogen (secondary N) is 1. The van der Waals surface area contributed by atoms with Gasteiger partial charge < -0.3 is 5.11 Å². The summed E-state index contributed by atoms with van der Waals surface area (Å²) in [7, 11) is -6.56. The molecule has 0 aromatic heterocycles. The fraction of sp³-hybridized carbons (Fsp3) is 0.364. The number of aromatic carboxylic acids is 1. The Morgan fingerprint density at radius 2 is 2.05 bits per heavy atom. The van der Waals surface area contributed by atoms with Crippen molar-refractivity contribution in [3.05, 3.63) is 29.8 Å². The SMILES string of the molecule is O=C(O)c1cccc(S(=O)(=O)NC2CCS(O)(O)C2)c1. The van der Waals surface area contributed by atoms with E-state index in [0.717, 1.165) is 6.07 Å². The zero-order valence-electron chi connectivity index (χ0n) is 10.4. The smallest absolute Gasteiger partial charge is 0.335 e. The molecule has 9 heteroatoms. The molecule has 0 spiro atoms. The maximum atomic E-state index is 12.1. The van der Waals surface area contributed by atoms with Crippen molar-refractivity contribution in [1.29, 1.82) is 0 Å². The predicted octanol–water partition coefficient (Wildman–Crippen LogP) is 1.19. The molecule has 1 aliphatic rings. The van der Waals surface area contributed by atoms with E-state index in [1.165, 1.54) is 18.2 Å². The first kappa shape index (κ1) is 15.3. The summed E-state index contributed by atoms with van der Waals surface area (Å²) >= 11 is 0. The molecule has 1 heterocycles. The highest BCUT2D eigenvalue weighted by atomic mass is 32.3. The molecule has 1 saturated heterocycles. The van der Waals surface area contributed by atoms with Crippen molar-refractivity contribution in [2.45, 2.75) is 17.4 Å². The summed E-state index contributed by atoms with van der Waals surface area (Å²) in [6.45, 7) is 0. The van der Waals surface area contributed by atoms with Crippen LogP contribution >= 0.6 is 10.6 Å². The van der Waals surface area contributed by atoms with Crippen LogP contribution in [0.4, 0.5) is 0 Å². The fourth-order valence-electron chi connectivity index (χ4n) is 2.00. The van der Waals surface area contributed by atoms with Gasteiger partial charge in [-0.25, -0.2) is 17.9 Å². The first-order chi connectivity index (χ1) is 9.20. The summed E-state index contributed by atoms with van der Waals surface area (Å²) in [4.78, 5) is 10.7. The molecule has 7 nitrogen and oxygen atoms in total. The van der Waals surface area contributed by atoms with Crippen molar-refractivity contribution in [1.82, 2.24) is 4.72 Å². The Balaban J connectivity index is 2.19. The highest BCUT2D eigenvalue weighted by Gasteiger charge is 2.31. The molecule has 1 fully saturated rings. The number of carboxylic acids is 1. The number of rotatable bonds is 4. The summed E-state index contributed by atoms with van der Waals surface area (Å²) in [6, 6.07) is 4.46. The van der Waals surface area contributed by atoms with E-state index in [0.29, 0.717) is 6.42 Å². The van der Waals surface area contributed by atoms with Gasteiger partial charge in [0, 0.05) is 11.8 Å². The molecular formula is C11H15NO6S2. The Bertz CT molecular complexity index is 628. The number of benzene rings is 1. The summed E-state index contributed by atoms with van der Waals surface area (Å²) in [5.41, 5.74) is -0.122. The van der Waals surface area contributed by atoms with E-state index in [9.17, 15) is 22.3 Å². The van der Waals surface area contributed by atoms with E-state index in [2.05, 4.69) is 4.72 Å². The number of carboxylic acid groups (broad SMARTS) is 1. The molecule has 1 aliphatic heterocycles. The molecule has 0 amide bonds. The summed E-state index contributed by atoms with van der Waals surface area (Å²) in [5, 5.41) is 8.85. The lowest BCUT2D eigenvalue weighted by molar-refractivity contribution is 0.0696. The van der Waals surface area contributed by atoms with Crippen LogP contribution in [0.5, 0.6) is 0 Å². The molecule has 0 aliphatic carbocycles. The van der Waals surface area contributed by atoms with Gasteiger partial charge in [0.1, 0.15) is 0 Å². The van der Waals surface area contributed by atoms with Crippen LogP contribution in [0.2, 0.25) is 0 Å². The lowest BCUT2D eigenvalue weighted by Crippen LogP contribution is -2.35. The van der Waals surface area contributed by atoms with Crippen LogP contribution in [0.25, 0.3) is 0 Å². The molecule has 1 unspecified atom stereocenters. The second-order valence-corrected chi connectivity index (χ2v) is 8.67. The Morgan fingerprint density at radius 1 is 1.35 bits per heavy atom. The minimum atomic E-state index is -3.87. The number of sulfonamides is 1. The van der Waals surface area contributed by atoms with Crippen LogP contribution in [-0.4, -0.2) is 46.1 Å². The lowest BCUT2D eigenvalue weighted by Gasteiger charge is -2.26. The first-order valence-electron chi connectivity index (χ1n) is 5.79. The summed E-state index contributed by atoms with van der Waals surface area (Å²) in [6.07, 6.45) is 0.347. The van der Waals surface area contributed by atoms with E-state index < -0.39 is 32.6 Å². The quantitative estimate of drug-likeness (QED) is 0.660. The molecular weight excluding hydrogens is 306 g/mol. The average molecular weight is 321 g/mol. The van der Waals surface area contributed by atoms with Crippen molar-refractivity contribution in [2.75, 3.05) is 11.5 Å². The maximum Gasteiger partial charge on any atom is 0.335 e. The Hall–Kier alpha value is -1.13. The van der Waals surface area contributed by atoms with Crippen LogP contribution < -0.4 is 4.72 Å². The molecule has 0 saturated carbocycles. The van der Waals surface area contributed by atoms with Crippen molar-refractivity contribution in [3.63, 3.8) is 0 Å². The molecule has 0 bridgehead atoms. The van der Waals surface area contributed by atoms with Gasteiger partial charge >= 0.3 is 5.97 Å². The van der Waals surface area contributed by atoms with E-state index in [1.807, 2.05) is 0 Å². The Kier molecular flexibility index (Phi) is 4.07. The van der Waals surface area contributed by atoms with E-state index in [1.54, 1.807) is 0 Å². The molecule has 1 aromatic rings. The summed E-state index contributed by atoms with van der Waals surface area (Å²) in [5.74, 6) is -1.04. The van der Waals surface area contributed by atoms with Crippen molar-refractivity contribution < 1.29 is 27.4 Å². The molecule has 2 rings (SSSR count). The number of hydrogen-bond donors (Lipinski definition) is 4. The maximum absolute atomic E-state index is 12.1. The monoisotopic (exact) mass is 321 g/mol. The molecule has 0 radical (unpaired) electrons. The lowest BCUT2D eigenvalue weighted by atomic mass is 10.2. The second-order valence-electron chi connectivity index (χ2n) is 4.61. The zero-order chi connectivity index (χ0) is 15.0. The topological polar surface area (TPSA) is 124 Å². The van der Waals surface area contributed by atoms with Gasteiger partial charge in [0.15, 0.2) is 0 Å². The van der Waals surface area contributed by atoms with Gasteiger partial charge in [0.25, 0.3) is 0 Å². The minimum Gasteiger partial charge on any atom is -0.478 e. The molecule has 1 atom stereocenters. The molecule has 4 N–H and O–H groups in total. The van der Waals surface area contributed by atoms with Crippen LogP contribution in [0.1, 0.15) is 16.8 Å². The standard InChI is InChI=1S/C11H15NO6S2/c13-11(14)8-2-1-3-10(6-8)20(17,18)12-9-4-5-19(15,16)7-9/h1-3,6,9,12,15-16H,4-5,7H2,(H,13,14). The minimum absolute atomic E-state index is 0.00908. The zero-order valence-corrected chi connectivity index (χ0v) is 12.0. The largest absolute Gasteiger partial charge is 0.478 e. The predicted molar refractivity (Wildman–Crippen MR) is 74.7 cm³/mol. The van der Waals surface area contributed by atoms with Gasteiger partial charge in [-0.3, -0.25) is 9.11 Å². The van der Waals surface area contributed by atoms with Crippen LogP contribution in [-0.2, 0) is 10.0 Å². The summed E-state index contributed by atoms with van der Waals surface area (Å²) < 4.78 is 45.6. The number of hydrogen-bond acceptors (Lipinski definition) is 5. The molecule has 20 heavy (non-hydrogen) atoms. The van der Waals surface area contributed by atoms with Gasteiger partial charge in [-0.05, 0) is 24.6 Å². The van der Waals surface area contributed by atoms with E-state index >= 15 is 0 Å². The average Bonchev–Trinajstić information content (AvgIpc) is 2.68. The third-order valence-electron chi connectivity index (χ3n) is 2.97. The number of carbonyl (C=O) groups is 1. The van der Waals surface area contributed by atoms with Gasteiger partial charge in [-0.2, -0.15) is 10.6 Å². The van der Waals surface area contributed by atoms with Crippen LogP contribution in [0.3, 0.4) is 0 Å². The third kappa shape index (κ3) is 3.49. The highest BCUT2D eigenvalue weighted by Crippen LogP contribution is 2.45.